The summed E-state index contributed by atoms with van der Waals surface area (Å²) in [6.45, 7) is 1.79. The zero-order chi connectivity index (χ0) is 9.42. The van der Waals surface area contributed by atoms with Crippen molar-refractivity contribution < 1.29 is 5.11 Å². The van der Waals surface area contributed by atoms with Gasteiger partial charge in [0.25, 0.3) is 0 Å². The molecule has 0 saturated heterocycles. The zero-order valence-electron chi connectivity index (χ0n) is 7.20. The van der Waals surface area contributed by atoms with Crippen molar-refractivity contribution in [2.75, 3.05) is 6.26 Å². The molecule has 0 aliphatic heterocycles. The van der Waals surface area contributed by atoms with Crippen LogP contribution in [0.15, 0.2) is 5.16 Å². The molecule has 6 heteroatoms. The van der Waals surface area contributed by atoms with Crippen LogP contribution >= 0.6 is 11.8 Å². The molecule has 0 atom stereocenters. The number of aromatic nitrogens is 4. The molecular weight excluding hydrogens is 188 g/mol. The average molecular weight is 196 g/mol. The van der Waals surface area contributed by atoms with Crippen LogP contribution in [0, 0.1) is 6.92 Å². The standard InChI is InChI=1S/C7H8N4OS/c1-3-4-5(11-10-3)8-7(13-2)9-6(4)12/h1-2H3,(H2,8,9,10,11,12). The van der Waals surface area contributed by atoms with Gasteiger partial charge in [0, 0.05) is 0 Å². The molecule has 2 rings (SSSR count). The van der Waals surface area contributed by atoms with Crippen LogP contribution in [0.4, 0.5) is 0 Å². The van der Waals surface area contributed by atoms with Gasteiger partial charge in [-0.2, -0.15) is 10.1 Å². The lowest BCUT2D eigenvalue weighted by Gasteiger charge is -1.96. The molecule has 0 spiro atoms. The fourth-order valence-corrected chi connectivity index (χ4v) is 1.49. The van der Waals surface area contributed by atoms with Gasteiger partial charge in [-0.1, -0.05) is 11.8 Å². The quantitative estimate of drug-likeness (QED) is 0.527. The number of aromatic amines is 1. The molecule has 0 radical (unpaired) electrons. The predicted octanol–water partition coefficient (Wildman–Crippen LogP) is 1.09. The van der Waals surface area contributed by atoms with Gasteiger partial charge in [-0.05, 0) is 13.2 Å². The number of H-pyrrole nitrogens is 1. The van der Waals surface area contributed by atoms with Gasteiger partial charge in [-0.15, -0.1) is 0 Å². The third-order valence-electron chi connectivity index (χ3n) is 1.74. The maximum Gasteiger partial charge on any atom is 0.226 e. The van der Waals surface area contributed by atoms with Gasteiger partial charge in [-0.3, -0.25) is 5.10 Å². The highest BCUT2D eigenvalue weighted by molar-refractivity contribution is 7.98. The number of aryl methyl sites for hydroxylation is 1. The van der Waals surface area contributed by atoms with Crippen molar-refractivity contribution in [2.24, 2.45) is 0 Å². The maximum absolute atomic E-state index is 9.53. The molecule has 0 saturated carbocycles. The maximum atomic E-state index is 9.53. The van der Waals surface area contributed by atoms with Gasteiger partial charge >= 0.3 is 0 Å². The third kappa shape index (κ3) is 1.23. The molecule has 0 aliphatic rings. The molecule has 0 aromatic carbocycles. The largest absolute Gasteiger partial charge is 0.493 e. The predicted molar refractivity (Wildman–Crippen MR) is 49.9 cm³/mol. The Balaban J connectivity index is 2.79. The Morgan fingerprint density at radius 1 is 1.38 bits per heavy atom. The van der Waals surface area contributed by atoms with Crippen molar-refractivity contribution >= 4 is 22.8 Å². The molecule has 0 amide bonds. The van der Waals surface area contributed by atoms with E-state index in [1.54, 1.807) is 6.92 Å². The topological polar surface area (TPSA) is 74.7 Å². The van der Waals surface area contributed by atoms with Crippen LogP contribution in [-0.4, -0.2) is 31.5 Å². The van der Waals surface area contributed by atoms with Gasteiger partial charge in [0.15, 0.2) is 10.8 Å². The van der Waals surface area contributed by atoms with Crippen molar-refractivity contribution in [2.45, 2.75) is 12.1 Å². The van der Waals surface area contributed by atoms with E-state index in [0.29, 0.717) is 21.9 Å². The van der Waals surface area contributed by atoms with Gasteiger partial charge in [-0.25, -0.2) is 4.98 Å². The summed E-state index contributed by atoms with van der Waals surface area (Å²) in [6, 6.07) is 0. The highest BCUT2D eigenvalue weighted by atomic mass is 32.2. The fraction of sp³-hybridized carbons (Fsp3) is 0.286. The van der Waals surface area contributed by atoms with Crippen LogP contribution in [0.25, 0.3) is 11.0 Å². The minimum atomic E-state index is -0.0133. The summed E-state index contributed by atoms with van der Waals surface area (Å²) < 4.78 is 0. The molecule has 2 heterocycles. The first kappa shape index (κ1) is 8.31. The summed E-state index contributed by atoms with van der Waals surface area (Å²) >= 11 is 1.38. The molecule has 2 aromatic rings. The van der Waals surface area contributed by atoms with Crippen LogP contribution in [0.1, 0.15) is 5.69 Å². The Morgan fingerprint density at radius 2 is 2.15 bits per heavy atom. The first-order chi connectivity index (χ1) is 6.22. The molecule has 13 heavy (non-hydrogen) atoms. The second-order valence-electron chi connectivity index (χ2n) is 2.57. The second-order valence-corrected chi connectivity index (χ2v) is 3.34. The van der Waals surface area contributed by atoms with Crippen LogP contribution in [0.5, 0.6) is 5.88 Å². The SMILES string of the molecule is CSc1nc(O)c2c(C)n[nH]c2n1. The summed E-state index contributed by atoms with van der Waals surface area (Å²) in [7, 11) is 0. The van der Waals surface area contributed by atoms with Crippen molar-refractivity contribution in [3.05, 3.63) is 5.69 Å². The number of rotatable bonds is 1. The first-order valence-electron chi connectivity index (χ1n) is 3.68. The fourth-order valence-electron chi connectivity index (χ4n) is 1.13. The van der Waals surface area contributed by atoms with E-state index < -0.39 is 0 Å². The minimum absolute atomic E-state index is 0.0133. The number of hydrogen-bond acceptors (Lipinski definition) is 5. The van der Waals surface area contributed by atoms with E-state index in [0.717, 1.165) is 0 Å². The first-order valence-corrected chi connectivity index (χ1v) is 4.90. The molecule has 2 N–H and O–H groups in total. The molecule has 0 bridgehead atoms. The van der Waals surface area contributed by atoms with Gasteiger partial charge in [0.05, 0.1) is 5.69 Å². The molecule has 0 fully saturated rings. The molecule has 5 nitrogen and oxygen atoms in total. The lowest BCUT2D eigenvalue weighted by molar-refractivity contribution is 0.453. The summed E-state index contributed by atoms with van der Waals surface area (Å²) in [5.74, 6) is -0.0133. The Kier molecular flexibility index (Phi) is 1.84. The molecule has 0 unspecified atom stereocenters. The Labute approximate surface area is 78.6 Å². The van der Waals surface area contributed by atoms with E-state index in [2.05, 4.69) is 20.2 Å². The van der Waals surface area contributed by atoms with Crippen molar-refractivity contribution in [1.29, 1.82) is 0 Å². The van der Waals surface area contributed by atoms with Crippen molar-refractivity contribution in [3.8, 4) is 5.88 Å². The van der Waals surface area contributed by atoms with Gasteiger partial charge in [0.2, 0.25) is 5.88 Å². The van der Waals surface area contributed by atoms with E-state index in [-0.39, 0.29) is 5.88 Å². The number of nitrogens with one attached hydrogen (secondary N) is 1. The van der Waals surface area contributed by atoms with Crippen LogP contribution in [0.3, 0.4) is 0 Å². The highest BCUT2D eigenvalue weighted by Gasteiger charge is 2.10. The van der Waals surface area contributed by atoms with Gasteiger partial charge in [0.1, 0.15) is 5.39 Å². The summed E-state index contributed by atoms with van der Waals surface area (Å²) in [4.78, 5) is 8.05. The van der Waals surface area contributed by atoms with E-state index in [9.17, 15) is 5.11 Å². The third-order valence-corrected chi connectivity index (χ3v) is 2.29. The lowest BCUT2D eigenvalue weighted by Crippen LogP contribution is -1.87. The summed E-state index contributed by atoms with van der Waals surface area (Å²) in [5.41, 5.74) is 1.29. The Hall–Kier alpha value is -1.30. The number of fused-ring (bicyclic) bond motifs is 1. The monoisotopic (exact) mass is 196 g/mol. The summed E-state index contributed by atoms with van der Waals surface area (Å²) in [5, 5.41) is 17.3. The zero-order valence-corrected chi connectivity index (χ0v) is 8.01. The van der Waals surface area contributed by atoms with E-state index in [1.165, 1.54) is 11.8 Å². The molecule has 0 aliphatic carbocycles. The minimum Gasteiger partial charge on any atom is -0.493 e. The molecule has 68 valence electrons. The molecular formula is C7H8N4OS. The number of thioether (sulfide) groups is 1. The smallest absolute Gasteiger partial charge is 0.226 e. The van der Waals surface area contributed by atoms with Crippen molar-refractivity contribution in [1.82, 2.24) is 20.2 Å². The average Bonchev–Trinajstić information content (AvgIpc) is 2.48. The van der Waals surface area contributed by atoms with E-state index in [1.807, 2.05) is 6.26 Å². The Bertz CT molecular complexity index is 453. The van der Waals surface area contributed by atoms with Crippen LogP contribution < -0.4 is 0 Å². The second kappa shape index (κ2) is 2.88. The number of nitrogens with zero attached hydrogens (tertiary/aromatic N) is 3. The van der Waals surface area contributed by atoms with Crippen LogP contribution in [-0.2, 0) is 0 Å². The van der Waals surface area contributed by atoms with E-state index >= 15 is 0 Å². The summed E-state index contributed by atoms with van der Waals surface area (Å²) in [6.07, 6.45) is 1.85. The lowest BCUT2D eigenvalue weighted by atomic mass is 10.3. The van der Waals surface area contributed by atoms with Crippen molar-refractivity contribution in [3.63, 3.8) is 0 Å². The highest BCUT2D eigenvalue weighted by Crippen LogP contribution is 2.24. The normalized spacial score (nSPS) is 10.9. The van der Waals surface area contributed by atoms with Crippen LogP contribution in [0.2, 0.25) is 0 Å². The number of hydrogen-bond donors (Lipinski definition) is 2. The number of aromatic hydroxyl groups is 1. The van der Waals surface area contributed by atoms with Gasteiger partial charge < -0.3 is 5.11 Å². The Morgan fingerprint density at radius 3 is 2.85 bits per heavy atom. The van der Waals surface area contributed by atoms with E-state index in [4.69, 9.17) is 0 Å². The molecule has 2 aromatic heterocycles.